The van der Waals surface area contributed by atoms with E-state index < -0.39 is 0 Å². The maximum absolute atomic E-state index is 6.76. The average molecular weight is 299 g/mol. The zero-order valence-electron chi connectivity index (χ0n) is 12.7. The van der Waals surface area contributed by atoms with Crippen molar-refractivity contribution in [2.75, 3.05) is 14.2 Å². The monoisotopic (exact) mass is 298 g/mol. The highest BCUT2D eigenvalue weighted by Crippen LogP contribution is 2.46. The SMILES string of the molecule is COc1ccc(OC)c(C(Cl)C2C(C)OC(C)C2C)c1. The molecule has 0 aliphatic carbocycles. The Morgan fingerprint density at radius 1 is 1.10 bits per heavy atom. The fraction of sp³-hybridized carbons (Fsp3) is 0.625. The Morgan fingerprint density at radius 3 is 2.30 bits per heavy atom. The second kappa shape index (κ2) is 6.23. The molecule has 2 rings (SSSR count). The van der Waals surface area contributed by atoms with Crippen LogP contribution in [0.4, 0.5) is 0 Å². The highest BCUT2D eigenvalue weighted by molar-refractivity contribution is 6.21. The zero-order valence-corrected chi connectivity index (χ0v) is 13.5. The van der Waals surface area contributed by atoms with E-state index in [9.17, 15) is 0 Å². The van der Waals surface area contributed by atoms with Crippen LogP contribution < -0.4 is 9.47 Å². The van der Waals surface area contributed by atoms with Crippen LogP contribution in [-0.4, -0.2) is 26.4 Å². The lowest BCUT2D eigenvalue weighted by Gasteiger charge is -2.26. The fourth-order valence-corrected chi connectivity index (χ4v) is 3.67. The predicted octanol–water partition coefficient (Wildman–Crippen LogP) is 4.04. The summed E-state index contributed by atoms with van der Waals surface area (Å²) in [5.41, 5.74) is 0.968. The minimum Gasteiger partial charge on any atom is -0.497 e. The van der Waals surface area contributed by atoms with Crippen molar-refractivity contribution in [2.45, 2.75) is 38.4 Å². The van der Waals surface area contributed by atoms with Gasteiger partial charge in [-0.3, -0.25) is 0 Å². The van der Waals surface area contributed by atoms with Crippen molar-refractivity contribution in [3.8, 4) is 11.5 Å². The largest absolute Gasteiger partial charge is 0.497 e. The third-order valence-corrected chi connectivity index (χ3v) is 4.92. The van der Waals surface area contributed by atoms with Gasteiger partial charge in [0, 0.05) is 11.5 Å². The number of ether oxygens (including phenoxy) is 3. The normalized spacial score (nSPS) is 31.1. The van der Waals surface area contributed by atoms with Gasteiger partial charge in [-0.2, -0.15) is 0 Å². The summed E-state index contributed by atoms with van der Waals surface area (Å²) in [6.45, 7) is 6.39. The number of rotatable bonds is 4. The molecule has 1 aromatic rings. The molecule has 3 nitrogen and oxygen atoms in total. The minimum absolute atomic E-state index is 0.137. The van der Waals surface area contributed by atoms with Crippen molar-refractivity contribution in [2.24, 2.45) is 11.8 Å². The first-order valence-electron chi connectivity index (χ1n) is 7.01. The third-order valence-electron chi connectivity index (χ3n) is 4.39. The molecule has 0 saturated carbocycles. The van der Waals surface area contributed by atoms with Gasteiger partial charge in [0.1, 0.15) is 11.5 Å². The Hall–Kier alpha value is -0.930. The van der Waals surface area contributed by atoms with Crippen LogP contribution in [0, 0.1) is 11.8 Å². The highest BCUT2D eigenvalue weighted by Gasteiger charge is 2.42. The van der Waals surface area contributed by atoms with Gasteiger partial charge < -0.3 is 14.2 Å². The van der Waals surface area contributed by atoms with Gasteiger partial charge in [0.05, 0.1) is 31.8 Å². The van der Waals surface area contributed by atoms with Crippen LogP contribution in [0.25, 0.3) is 0 Å². The smallest absolute Gasteiger partial charge is 0.123 e. The maximum Gasteiger partial charge on any atom is 0.123 e. The summed E-state index contributed by atoms with van der Waals surface area (Å²) < 4.78 is 16.6. The number of benzene rings is 1. The van der Waals surface area contributed by atoms with E-state index in [1.807, 2.05) is 18.2 Å². The highest BCUT2D eigenvalue weighted by atomic mass is 35.5. The molecule has 1 aliphatic heterocycles. The summed E-state index contributed by atoms with van der Waals surface area (Å²) >= 11 is 6.76. The van der Waals surface area contributed by atoms with E-state index >= 15 is 0 Å². The number of methoxy groups -OCH3 is 2. The Labute approximate surface area is 126 Å². The summed E-state index contributed by atoms with van der Waals surface area (Å²) in [7, 11) is 3.32. The van der Waals surface area contributed by atoms with Gasteiger partial charge in [-0.05, 0) is 38.0 Å². The second-order valence-electron chi connectivity index (χ2n) is 5.49. The van der Waals surface area contributed by atoms with Gasteiger partial charge in [0.15, 0.2) is 0 Å². The van der Waals surface area contributed by atoms with Crippen molar-refractivity contribution >= 4 is 11.6 Å². The summed E-state index contributed by atoms with van der Waals surface area (Å²) in [4.78, 5) is 0. The molecule has 0 amide bonds. The number of hydrogen-bond acceptors (Lipinski definition) is 3. The van der Waals surface area contributed by atoms with Crippen LogP contribution >= 0.6 is 11.6 Å². The quantitative estimate of drug-likeness (QED) is 0.785. The Kier molecular flexibility index (Phi) is 4.82. The molecule has 20 heavy (non-hydrogen) atoms. The van der Waals surface area contributed by atoms with Crippen molar-refractivity contribution < 1.29 is 14.2 Å². The van der Waals surface area contributed by atoms with Gasteiger partial charge >= 0.3 is 0 Å². The molecule has 1 fully saturated rings. The lowest BCUT2D eigenvalue weighted by atomic mass is 9.84. The molecule has 112 valence electrons. The van der Waals surface area contributed by atoms with E-state index in [2.05, 4.69) is 20.8 Å². The van der Waals surface area contributed by atoms with Gasteiger partial charge in [-0.25, -0.2) is 0 Å². The Balaban J connectivity index is 2.34. The van der Waals surface area contributed by atoms with E-state index in [1.165, 1.54) is 0 Å². The Morgan fingerprint density at radius 2 is 1.80 bits per heavy atom. The maximum atomic E-state index is 6.76. The molecule has 4 heteroatoms. The molecule has 0 aromatic heterocycles. The molecule has 0 N–H and O–H groups in total. The summed E-state index contributed by atoms with van der Waals surface area (Å²) in [5.74, 6) is 2.25. The van der Waals surface area contributed by atoms with Crippen LogP contribution in [0.2, 0.25) is 0 Å². The van der Waals surface area contributed by atoms with Gasteiger partial charge in [0.25, 0.3) is 0 Å². The van der Waals surface area contributed by atoms with Crippen molar-refractivity contribution in [3.05, 3.63) is 23.8 Å². The lowest BCUT2D eigenvalue weighted by molar-refractivity contribution is 0.0507. The van der Waals surface area contributed by atoms with Crippen LogP contribution in [-0.2, 0) is 4.74 Å². The number of halogens is 1. The molecular formula is C16H23ClO3. The first-order chi connectivity index (χ1) is 9.49. The topological polar surface area (TPSA) is 27.7 Å². The lowest BCUT2D eigenvalue weighted by Crippen LogP contribution is -2.22. The Bertz CT molecular complexity index is 463. The predicted molar refractivity (Wildman–Crippen MR) is 80.8 cm³/mol. The van der Waals surface area contributed by atoms with Crippen LogP contribution in [0.1, 0.15) is 31.7 Å². The summed E-state index contributed by atoms with van der Waals surface area (Å²) in [6, 6.07) is 5.74. The minimum atomic E-state index is -0.157. The zero-order chi connectivity index (χ0) is 14.9. The molecular weight excluding hydrogens is 276 g/mol. The van der Waals surface area contributed by atoms with E-state index in [1.54, 1.807) is 14.2 Å². The summed E-state index contributed by atoms with van der Waals surface area (Å²) in [5, 5.41) is -0.157. The summed E-state index contributed by atoms with van der Waals surface area (Å²) in [6.07, 6.45) is 0.367. The van der Waals surface area contributed by atoms with E-state index in [-0.39, 0.29) is 23.5 Å². The van der Waals surface area contributed by atoms with Gasteiger partial charge in [-0.15, -0.1) is 11.6 Å². The molecule has 1 aromatic carbocycles. The average Bonchev–Trinajstić information content (AvgIpc) is 2.70. The number of hydrogen-bond donors (Lipinski definition) is 0. The molecule has 0 bridgehead atoms. The van der Waals surface area contributed by atoms with E-state index in [0.29, 0.717) is 5.92 Å². The van der Waals surface area contributed by atoms with Crippen molar-refractivity contribution in [1.29, 1.82) is 0 Å². The molecule has 5 atom stereocenters. The van der Waals surface area contributed by atoms with Crippen LogP contribution in [0.3, 0.4) is 0 Å². The molecule has 1 heterocycles. The van der Waals surface area contributed by atoms with Crippen molar-refractivity contribution in [3.63, 3.8) is 0 Å². The standard InChI is InChI=1S/C16H23ClO3/c1-9-10(2)20-11(3)15(9)16(17)13-8-12(18-4)6-7-14(13)19-5/h6-11,15-16H,1-5H3. The van der Waals surface area contributed by atoms with Crippen LogP contribution in [0.15, 0.2) is 18.2 Å². The molecule has 1 saturated heterocycles. The van der Waals surface area contributed by atoms with Crippen molar-refractivity contribution in [1.82, 2.24) is 0 Å². The second-order valence-corrected chi connectivity index (χ2v) is 5.96. The van der Waals surface area contributed by atoms with Gasteiger partial charge in [-0.1, -0.05) is 6.92 Å². The first kappa shape index (κ1) is 15.5. The third kappa shape index (κ3) is 2.75. The van der Waals surface area contributed by atoms with Crippen LogP contribution in [0.5, 0.6) is 11.5 Å². The van der Waals surface area contributed by atoms with E-state index in [0.717, 1.165) is 17.1 Å². The van der Waals surface area contributed by atoms with E-state index in [4.69, 9.17) is 25.8 Å². The fourth-order valence-electron chi connectivity index (χ4n) is 3.06. The molecule has 0 spiro atoms. The first-order valence-corrected chi connectivity index (χ1v) is 7.44. The molecule has 1 aliphatic rings. The number of alkyl halides is 1. The molecule has 5 unspecified atom stereocenters. The molecule has 0 radical (unpaired) electrons. The van der Waals surface area contributed by atoms with Gasteiger partial charge in [0.2, 0.25) is 0 Å².